The lowest BCUT2D eigenvalue weighted by Crippen LogP contribution is -1.96. The highest BCUT2D eigenvalue weighted by Crippen LogP contribution is 2.28. The molecule has 0 aliphatic heterocycles. The Labute approximate surface area is 92.9 Å². The fraction of sp³-hybridized carbons (Fsp3) is 0.273. The van der Waals surface area contributed by atoms with Crippen molar-refractivity contribution in [3.05, 3.63) is 29.2 Å². The second-order valence-corrected chi connectivity index (χ2v) is 3.67. The number of rotatable bonds is 2. The molecule has 0 fully saturated rings. The SMILES string of the molecule is Cc1cc(O)cc(C)c1-c1noc(CN)n1. The summed E-state index contributed by atoms with van der Waals surface area (Å²) in [6, 6.07) is 3.33. The normalized spacial score (nSPS) is 10.7. The number of aromatic hydroxyl groups is 1. The Morgan fingerprint density at radius 3 is 2.44 bits per heavy atom. The molecule has 1 heterocycles. The lowest BCUT2D eigenvalue weighted by atomic mass is 10.0. The van der Waals surface area contributed by atoms with Crippen molar-refractivity contribution in [1.82, 2.24) is 10.1 Å². The Morgan fingerprint density at radius 2 is 1.94 bits per heavy atom. The molecule has 0 saturated carbocycles. The van der Waals surface area contributed by atoms with E-state index in [1.165, 1.54) is 0 Å². The Hall–Kier alpha value is -1.88. The molecule has 84 valence electrons. The van der Waals surface area contributed by atoms with Crippen LogP contribution >= 0.6 is 0 Å². The van der Waals surface area contributed by atoms with Gasteiger partial charge in [0.2, 0.25) is 11.7 Å². The first-order valence-electron chi connectivity index (χ1n) is 4.95. The number of nitrogens with zero attached hydrogens (tertiary/aromatic N) is 2. The predicted octanol–water partition coefficient (Wildman–Crippen LogP) is 1.52. The molecule has 0 amide bonds. The first kappa shape index (κ1) is 10.6. The van der Waals surface area contributed by atoms with Crippen molar-refractivity contribution in [2.75, 3.05) is 0 Å². The summed E-state index contributed by atoms with van der Waals surface area (Å²) in [7, 11) is 0. The minimum absolute atomic E-state index is 0.225. The zero-order valence-electron chi connectivity index (χ0n) is 9.19. The lowest BCUT2D eigenvalue weighted by Gasteiger charge is -2.05. The van der Waals surface area contributed by atoms with Crippen molar-refractivity contribution >= 4 is 0 Å². The molecule has 0 unspecified atom stereocenters. The minimum Gasteiger partial charge on any atom is -0.508 e. The third-order valence-corrected chi connectivity index (χ3v) is 2.38. The van der Waals surface area contributed by atoms with E-state index in [0.29, 0.717) is 11.7 Å². The fourth-order valence-electron chi connectivity index (χ4n) is 1.73. The molecule has 2 aromatic rings. The van der Waals surface area contributed by atoms with Crippen LogP contribution in [0.25, 0.3) is 11.4 Å². The van der Waals surface area contributed by atoms with Crippen LogP contribution in [0.5, 0.6) is 5.75 Å². The van der Waals surface area contributed by atoms with Gasteiger partial charge in [-0.3, -0.25) is 0 Å². The minimum atomic E-state index is 0.225. The summed E-state index contributed by atoms with van der Waals surface area (Å²) in [4.78, 5) is 4.17. The first-order valence-corrected chi connectivity index (χ1v) is 4.95. The van der Waals surface area contributed by atoms with Crippen molar-refractivity contribution in [2.45, 2.75) is 20.4 Å². The molecule has 0 aliphatic carbocycles. The number of phenolic OH excluding ortho intramolecular Hbond substituents is 1. The van der Waals surface area contributed by atoms with Crippen LogP contribution in [0.3, 0.4) is 0 Å². The molecular weight excluding hydrogens is 206 g/mol. The van der Waals surface area contributed by atoms with Crippen LogP contribution in [0.15, 0.2) is 16.7 Å². The van der Waals surface area contributed by atoms with Crippen molar-refractivity contribution in [3.8, 4) is 17.1 Å². The molecule has 0 spiro atoms. The van der Waals surface area contributed by atoms with Gasteiger partial charge in [-0.1, -0.05) is 5.16 Å². The number of phenols is 1. The Kier molecular flexibility index (Phi) is 2.62. The fourth-order valence-corrected chi connectivity index (χ4v) is 1.73. The van der Waals surface area contributed by atoms with Gasteiger partial charge in [-0.25, -0.2) is 0 Å². The molecule has 16 heavy (non-hydrogen) atoms. The topological polar surface area (TPSA) is 85.2 Å². The number of nitrogens with two attached hydrogens (primary N) is 1. The molecule has 2 rings (SSSR count). The third kappa shape index (κ3) is 1.77. The molecule has 1 aromatic heterocycles. The first-order chi connectivity index (χ1) is 7.61. The van der Waals surface area contributed by atoms with Crippen LogP contribution in [0, 0.1) is 13.8 Å². The summed E-state index contributed by atoms with van der Waals surface area (Å²) in [5.74, 6) is 1.15. The Morgan fingerprint density at radius 1 is 1.31 bits per heavy atom. The lowest BCUT2D eigenvalue weighted by molar-refractivity contribution is 0.380. The second-order valence-electron chi connectivity index (χ2n) is 3.67. The highest BCUT2D eigenvalue weighted by Gasteiger charge is 2.13. The molecule has 5 heteroatoms. The van der Waals surface area contributed by atoms with E-state index in [2.05, 4.69) is 10.1 Å². The molecule has 0 atom stereocenters. The highest BCUT2D eigenvalue weighted by molar-refractivity contribution is 5.65. The van der Waals surface area contributed by atoms with Crippen molar-refractivity contribution in [1.29, 1.82) is 0 Å². The average molecular weight is 219 g/mol. The summed E-state index contributed by atoms with van der Waals surface area (Å²) in [5.41, 5.74) is 8.09. The number of benzene rings is 1. The van der Waals surface area contributed by atoms with Gasteiger partial charge >= 0.3 is 0 Å². The van der Waals surface area contributed by atoms with E-state index in [4.69, 9.17) is 10.3 Å². The Bertz CT molecular complexity index is 497. The largest absolute Gasteiger partial charge is 0.508 e. The maximum absolute atomic E-state index is 9.43. The van der Waals surface area contributed by atoms with Gasteiger partial charge in [0.1, 0.15) is 5.75 Å². The van der Waals surface area contributed by atoms with Crippen molar-refractivity contribution in [3.63, 3.8) is 0 Å². The van der Waals surface area contributed by atoms with Crippen LogP contribution in [0.2, 0.25) is 0 Å². The molecular formula is C11H13N3O2. The van der Waals surface area contributed by atoms with Crippen LogP contribution < -0.4 is 5.73 Å². The third-order valence-electron chi connectivity index (χ3n) is 2.38. The maximum atomic E-state index is 9.43. The molecule has 0 radical (unpaired) electrons. The van der Waals surface area contributed by atoms with Gasteiger partial charge in [0.25, 0.3) is 0 Å². The Balaban J connectivity index is 2.55. The average Bonchev–Trinajstić information content (AvgIpc) is 2.64. The van der Waals surface area contributed by atoms with E-state index in [1.807, 2.05) is 13.8 Å². The zero-order valence-corrected chi connectivity index (χ0v) is 9.19. The molecule has 3 N–H and O–H groups in total. The van der Waals surface area contributed by atoms with Gasteiger partial charge in [0.15, 0.2) is 0 Å². The number of aromatic nitrogens is 2. The van der Waals surface area contributed by atoms with Gasteiger partial charge in [-0.05, 0) is 37.1 Å². The van der Waals surface area contributed by atoms with Crippen LogP contribution in [0.4, 0.5) is 0 Å². The maximum Gasteiger partial charge on any atom is 0.240 e. The van der Waals surface area contributed by atoms with Crippen molar-refractivity contribution in [2.24, 2.45) is 5.73 Å². The van der Waals surface area contributed by atoms with Crippen LogP contribution in [0.1, 0.15) is 17.0 Å². The van der Waals surface area contributed by atoms with E-state index in [0.717, 1.165) is 16.7 Å². The van der Waals surface area contributed by atoms with E-state index < -0.39 is 0 Å². The van der Waals surface area contributed by atoms with Gasteiger partial charge in [-0.2, -0.15) is 4.98 Å². The van der Waals surface area contributed by atoms with Crippen molar-refractivity contribution < 1.29 is 9.63 Å². The van der Waals surface area contributed by atoms with E-state index >= 15 is 0 Å². The summed E-state index contributed by atoms with van der Waals surface area (Å²) in [5, 5.41) is 13.3. The molecule has 1 aromatic carbocycles. The molecule has 5 nitrogen and oxygen atoms in total. The van der Waals surface area contributed by atoms with Gasteiger partial charge in [0, 0.05) is 5.56 Å². The summed E-state index contributed by atoms with van der Waals surface area (Å²) in [6.45, 7) is 4.00. The number of hydrogen-bond acceptors (Lipinski definition) is 5. The standard InChI is InChI=1S/C11H13N3O2/c1-6-3-8(15)4-7(2)10(6)11-13-9(5-12)16-14-11/h3-4,15H,5,12H2,1-2H3. The summed E-state index contributed by atoms with van der Waals surface area (Å²) in [6.07, 6.45) is 0. The quantitative estimate of drug-likeness (QED) is 0.799. The smallest absolute Gasteiger partial charge is 0.240 e. The number of aryl methyl sites for hydroxylation is 2. The summed E-state index contributed by atoms with van der Waals surface area (Å²) < 4.78 is 4.96. The van der Waals surface area contributed by atoms with E-state index in [9.17, 15) is 5.11 Å². The molecule has 0 saturated heterocycles. The number of hydrogen-bond donors (Lipinski definition) is 2. The molecule has 0 aliphatic rings. The van der Waals surface area contributed by atoms with Crippen LogP contribution in [-0.4, -0.2) is 15.2 Å². The van der Waals surface area contributed by atoms with Gasteiger partial charge in [0.05, 0.1) is 6.54 Å². The second kappa shape index (κ2) is 3.94. The highest BCUT2D eigenvalue weighted by atomic mass is 16.5. The predicted molar refractivity (Wildman–Crippen MR) is 58.8 cm³/mol. The van der Waals surface area contributed by atoms with Gasteiger partial charge in [-0.15, -0.1) is 0 Å². The van der Waals surface area contributed by atoms with Crippen LogP contribution in [-0.2, 0) is 6.54 Å². The van der Waals surface area contributed by atoms with E-state index in [-0.39, 0.29) is 12.3 Å². The monoisotopic (exact) mass is 219 g/mol. The van der Waals surface area contributed by atoms with Gasteiger partial charge < -0.3 is 15.4 Å². The zero-order chi connectivity index (χ0) is 11.7. The summed E-state index contributed by atoms with van der Waals surface area (Å²) >= 11 is 0. The molecule has 0 bridgehead atoms. The van der Waals surface area contributed by atoms with E-state index in [1.54, 1.807) is 12.1 Å².